The molecular formula is C25H19NO. The van der Waals surface area contributed by atoms with E-state index in [2.05, 4.69) is 66.0 Å². The van der Waals surface area contributed by atoms with E-state index in [1.807, 2.05) is 24.3 Å². The van der Waals surface area contributed by atoms with Crippen LogP contribution in [0.5, 0.6) is 0 Å². The quantitative estimate of drug-likeness (QED) is 0.423. The summed E-state index contributed by atoms with van der Waals surface area (Å²) in [5.41, 5.74) is 1.97. The molecule has 1 N–H and O–H groups in total. The Hall–Kier alpha value is -3.39. The van der Waals surface area contributed by atoms with Gasteiger partial charge in [0.05, 0.1) is 0 Å². The highest BCUT2D eigenvalue weighted by atomic mass is 16.1. The fraction of sp³-hybridized carbons (Fsp3) is 0.0800. The fourth-order valence-electron chi connectivity index (χ4n) is 3.99. The zero-order valence-corrected chi connectivity index (χ0v) is 14.9. The molecule has 0 fully saturated rings. The second kappa shape index (κ2) is 6.40. The summed E-state index contributed by atoms with van der Waals surface area (Å²) in [7, 11) is 0. The lowest BCUT2D eigenvalue weighted by Gasteiger charge is -2.14. The first-order valence-electron chi connectivity index (χ1n) is 9.30. The molecule has 1 amide bonds. The molecule has 0 aliphatic rings. The Morgan fingerprint density at radius 3 is 2.11 bits per heavy atom. The summed E-state index contributed by atoms with van der Waals surface area (Å²) in [6, 6.07) is 29.1. The Morgan fingerprint density at radius 2 is 1.33 bits per heavy atom. The third kappa shape index (κ3) is 2.70. The summed E-state index contributed by atoms with van der Waals surface area (Å²) in [5.74, 6) is -0.0103. The highest BCUT2D eigenvalue weighted by Crippen LogP contribution is 2.35. The SMILES string of the molecule is O=C(NCCc1ccccc1)c1ccc2ccc3cccc4ccc1c2c34. The third-order valence-electron chi connectivity index (χ3n) is 5.32. The minimum Gasteiger partial charge on any atom is -0.352 e. The molecule has 0 saturated heterocycles. The summed E-state index contributed by atoms with van der Waals surface area (Å²) in [6.07, 6.45) is 0.832. The van der Waals surface area contributed by atoms with Crippen LogP contribution in [0.3, 0.4) is 0 Å². The average Bonchev–Trinajstić information content (AvgIpc) is 2.72. The second-order valence-corrected chi connectivity index (χ2v) is 6.96. The van der Waals surface area contributed by atoms with E-state index in [1.54, 1.807) is 0 Å². The molecular weight excluding hydrogens is 330 g/mol. The van der Waals surface area contributed by atoms with Gasteiger partial charge in [-0.2, -0.15) is 0 Å². The fourth-order valence-corrected chi connectivity index (χ4v) is 3.99. The topological polar surface area (TPSA) is 29.1 Å². The summed E-state index contributed by atoms with van der Waals surface area (Å²) >= 11 is 0. The second-order valence-electron chi connectivity index (χ2n) is 6.96. The first kappa shape index (κ1) is 15.8. The number of hydrogen-bond acceptors (Lipinski definition) is 1. The monoisotopic (exact) mass is 349 g/mol. The van der Waals surface area contributed by atoms with Crippen LogP contribution in [0, 0.1) is 0 Å². The minimum absolute atomic E-state index is 0.0103. The standard InChI is InChI=1S/C25H19NO/c27-25(26-16-15-17-5-2-1-3-6-17)22-14-12-20-10-9-18-7-4-8-19-11-13-21(22)24(20)23(18)19/h1-14H,15-16H2,(H,26,27). The first-order valence-corrected chi connectivity index (χ1v) is 9.30. The molecule has 0 spiro atoms. The van der Waals surface area contributed by atoms with Gasteiger partial charge in [0.1, 0.15) is 0 Å². The maximum atomic E-state index is 12.9. The highest BCUT2D eigenvalue weighted by Gasteiger charge is 2.14. The number of carbonyl (C=O) groups excluding carboxylic acids is 1. The molecule has 0 atom stereocenters. The van der Waals surface area contributed by atoms with Crippen molar-refractivity contribution in [2.45, 2.75) is 6.42 Å². The molecule has 0 radical (unpaired) electrons. The zero-order valence-electron chi connectivity index (χ0n) is 14.9. The molecule has 0 aliphatic carbocycles. The number of nitrogens with one attached hydrogen (secondary N) is 1. The van der Waals surface area contributed by atoms with Gasteiger partial charge < -0.3 is 5.32 Å². The molecule has 0 saturated carbocycles. The van der Waals surface area contributed by atoms with Gasteiger partial charge in [0.25, 0.3) is 5.91 Å². The lowest BCUT2D eigenvalue weighted by molar-refractivity contribution is 0.0956. The summed E-state index contributed by atoms with van der Waals surface area (Å²) < 4.78 is 0. The van der Waals surface area contributed by atoms with Gasteiger partial charge in [-0.3, -0.25) is 4.79 Å². The molecule has 0 aliphatic heterocycles. The summed E-state index contributed by atoms with van der Waals surface area (Å²) in [6.45, 7) is 0.630. The van der Waals surface area contributed by atoms with Crippen LogP contribution in [-0.4, -0.2) is 12.5 Å². The van der Waals surface area contributed by atoms with Crippen molar-refractivity contribution < 1.29 is 4.79 Å². The van der Waals surface area contributed by atoms with Gasteiger partial charge in [0.15, 0.2) is 0 Å². The van der Waals surface area contributed by atoms with Crippen LogP contribution < -0.4 is 5.32 Å². The number of carbonyl (C=O) groups is 1. The van der Waals surface area contributed by atoms with Crippen molar-refractivity contribution in [3.63, 3.8) is 0 Å². The number of rotatable bonds is 4. The van der Waals surface area contributed by atoms with Crippen molar-refractivity contribution in [2.24, 2.45) is 0 Å². The summed E-state index contributed by atoms with van der Waals surface area (Å²) in [5, 5.41) is 10.1. The molecule has 2 nitrogen and oxygen atoms in total. The van der Waals surface area contributed by atoms with E-state index in [9.17, 15) is 4.79 Å². The lowest BCUT2D eigenvalue weighted by atomic mass is 9.92. The van der Waals surface area contributed by atoms with Crippen molar-refractivity contribution in [1.82, 2.24) is 5.32 Å². The van der Waals surface area contributed by atoms with E-state index >= 15 is 0 Å². The Labute approximate surface area is 157 Å². The van der Waals surface area contributed by atoms with Gasteiger partial charge in [-0.05, 0) is 50.4 Å². The molecule has 0 bridgehead atoms. The van der Waals surface area contributed by atoms with E-state index in [0.717, 1.165) is 17.4 Å². The lowest BCUT2D eigenvalue weighted by Crippen LogP contribution is -2.25. The van der Waals surface area contributed by atoms with Crippen LogP contribution in [0.1, 0.15) is 15.9 Å². The molecule has 27 heavy (non-hydrogen) atoms. The van der Waals surface area contributed by atoms with E-state index in [-0.39, 0.29) is 5.91 Å². The largest absolute Gasteiger partial charge is 0.352 e. The Balaban J connectivity index is 1.52. The number of hydrogen-bond donors (Lipinski definition) is 1. The van der Waals surface area contributed by atoms with Crippen LogP contribution in [0.4, 0.5) is 0 Å². The van der Waals surface area contributed by atoms with Gasteiger partial charge in [0, 0.05) is 12.1 Å². The van der Waals surface area contributed by atoms with Crippen LogP contribution >= 0.6 is 0 Å². The Kier molecular flexibility index (Phi) is 3.75. The molecule has 5 aromatic carbocycles. The maximum absolute atomic E-state index is 12.9. The average molecular weight is 349 g/mol. The highest BCUT2D eigenvalue weighted by molar-refractivity contribution is 6.26. The van der Waals surface area contributed by atoms with E-state index in [0.29, 0.717) is 6.54 Å². The Morgan fingerprint density at radius 1 is 0.667 bits per heavy atom. The Bertz CT molecular complexity index is 1240. The van der Waals surface area contributed by atoms with E-state index in [4.69, 9.17) is 0 Å². The van der Waals surface area contributed by atoms with Crippen molar-refractivity contribution in [3.8, 4) is 0 Å². The molecule has 130 valence electrons. The molecule has 0 heterocycles. The smallest absolute Gasteiger partial charge is 0.251 e. The van der Waals surface area contributed by atoms with Crippen LogP contribution in [0.25, 0.3) is 32.3 Å². The van der Waals surface area contributed by atoms with Crippen molar-refractivity contribution >= 4 is 38.2 Å². The third-order valence-corrected chi connectivity index (χ3v) is 5.32. The van der Waals surface area contributed by atoms with Crippen molar-refractivity contribution in [3.05, 3.63) is 96.1 Å². The summed E-state index contributed by atoms with van der Waals surface area (Å²) in [4.78, 5) is 12.9. The number of amides is 1. The number of benzene rings is 5. The van der Waals surface area contributed by atoms with E-state index < -0.39 is 0 Å². The van der Waals surface area contributed by atoms with Crippen LogP contribution in [0.2, 0.25) is 0 Å². The first-order chi connectivity index (χ1) is 13.3. The van der Waals surface area contributed by atoms with E-state index in [1.165, 1.54) is 32.5 Å². The maximum Gasteiger partial charge on any atom is 0.251 e. The van der Waals surface area contributed by atoms with Gasteiger partial charge >= 0.3 is 0 Å². The zero-order chi connectivity index (χ0) is 18.2. The van der Waals surface area contributed by atoms with Gasteiger partial charge in [-0.25, -0.2) is 0 Å². The minimum atomic E-state index is -0.0103. The van der Waals surface area contributed by atoms with Gasteiger partial charge in [-0.1, -0.05) is 78.9 Å². The van der Waals surface area contributed by atoms with Crippen LogP contribution in [-0.2, 0) is 6.42 Å². The van der Waals surface area contributed by atoms with Gasteiger partial charge in [-0.15, -0.1) is 0 Å². The van der Waals surface area contributed by atoms with Crippen molar-refractivity contribution in [2.75, 3.05) is 6.54 Å². The van der Waals surface area contributed by atoms with Crippen molar-refractivity contribution in [1.29, 1.82) is 0 Å². The van der Waals surface area contributed by atoms with Crippen LogP contribution in [0.15, 0.2) is 84.9 Å². The molecule has 5 aromatic rings. The predicted molar refractivity (Wildman–Crippen MR) is 113 cm³/mol. The molecule has 5 rings (SSSR count). The molecule has 0 unspecified atom stereocenters. The molecule has 0 aromatic heterocycles. The predicted octanol–water partition coefficient (Wildman–Crippen LogP) is 5.56. The molecule has 2 heteroatoms. The normalized spacial score (nSPS) is 11.4. The van der Waals surface area contributed by atoms with Gasteiger partial charge in [0.2, 0.25) is 0 Å².